The van der Waals surface area contributed by atoms with Crippen LogP contribution < -0.4 is 0 Å². The molecule has 0 radical (unpaired) electrons. The van der Waals surface area contributed by atoms with Gasteiger partial charge in [0.25, 0.3) is 0 Å². The average molecular weight is 501 g/mol. The third kappa shape index (κ3) is 2.92. The molecular formula is C29H40O7. The van der Waals surface area contributed by atoms with Crippen molar-refractivity contribution in [3.05, 3.63) is 23.8 Å². The SMILES string of the molecule is CC(C)(O)/C=C/C(=O)[C@@]1(O)C[C@]23CC(=O)[C@@]4(C)[C@@H]5C[C@H](O)C(=O)C(C)(C)C5=CC[C@H]4[C@]2(C)C[C@@H](O)[C@@H]31. The lowest BCUT2D eigenvalue weighted by Gasteiger charge is -2.70. The Kier molecular flexibility index (Phi) is 5.23. The van der Waals surface area contributed by atoms with Gasteiger partial charge in [0.1, 0.15) is 17.5 Å². The first-order chi connectivity index (χ1) is 16.4. The van der Waals surface area contributed by atoms with Crippen molar-refractivity contribution in [2.24, 2.45) is 39.4 Å². The summed E-state index contributed by atoms with van der Waals surface area (Å²) in [4.78, 5) is 40.0. The van der Waals surface area contributed by atoms with E-state index in [1.807, 2.05) is 20.8 Å². The monoisotopic (exact) mass is 500 g/mol. The molecule has 5 aliphatic carbocycles. The minimum atomic E-state index is -1.78. The van der Waals surface area contributed by atoms with Crippen molar-refractivity contribution in [3.8, 4) is 0 Å². The molecule has 0 saturated heterocycles. The molecule has 0 aromatic rings. The third-order valence-electron chi connectivity index (χ3n) is 11.3. The van der Waals surface area contributed by atoms with Gasteiger partial charge in [-0.15, -0.1) is 0 Å². The highest BCUT2D eigenvalue weighted by Gasteiger charge is 2.82. The van der Waals surface area contributed by atoms with E-state index in [4.69, 9.17) is 0 Å². The van der Waals surface area contributed by atoms with Crippen molar-refractivity contribution < 1.29 is 34.8 Å². The first-order valence-electron chi connectivity index (χ1n) is 13.2. The zero-order valence-corrected chi connectivity index (χ0v) is 22.2. The minimum Gasteiger partial charge on any atom is -0.393 e. The second kappa shape index (κ2) is 7.25. The van der Waals surface area contributed by atoms with E-state index in [0.29, 0.717) is 12.8 Å². The number of allylic oxidation sites excluding steroid dienone is 2. The van der Waals surface area contributed by atoms with Crippen LogP contribution in [-0.4, -0.2) is 61.2 Å². The number of hydrogen-bond acceptors (Lipinski definition) is 7. The quantitative estimate of drug-likeness (QED) is 0.345. The maximum atomic E-state index is 14.1. The molecule has 4 fully saturated rings. The van der Waals surface area contributed by atoms with E-state index in [1.165, 1.54) is 26.0 Å². The summed E-state index contributed by atoms with van der Waals surface area (Å²) >= 11 is 0. The van der Waals surface area contributed by atoms with Gasteiger partial charge in [0.05, 0.1) is 11.7 Å². The lowest BCUT2D eigenvalue weighted by Crippen LogP contribution is -2.73. The van der Waals surface area contributed by atoms with E-state index < -0.39 is 56.8 Å². The van der Waals surface area contributed by atoms with E-state index in [0.717, 1.165) is 5.57 Å². The van der Waals surface area contributed by atoms with Crippen molar-refractivity contribution in [1.29, 1.82) is 0 Å². The summed E-state index contributed by atoms with van der Waals surface area (Å²) in [5.41, 5.74) is -4.94. The van der Waals surface area contributed by atoms with Crippen LogP contribution >= 0.6 is 0 Å². The Morgan fingerprint density at radius 3 is 2.39 bits per heavy atom. The minimum absolute atomic E-state index is 0.0264. The first-order valence-corrected chi connectivity index (χ1v) is 13.2. The van der Waals surface area contributed by atoms with Crippen molar-refractivity contribution in [2.45, 2.75) is 97.1 Å². The Balaban J connectivity index is 1.56. The number of fused-ring (bicyclic) bond motifs is 4. The van der Waals surface area contributed by atoms with Crippen molar-refractivity contribution in [1.82, 2.24) is 0 Å². The lowest BCUT2D eigenvalue weighted by molar-refractivity contribution is -0.249. The van der Waals surface area contributed by atoms with Crippen molar-refractivity contribution in [3.63, 3.8) is 0 Å². The Morgan fingerprint density at radius 2 is 1.78 bits per heavy atom. The number of hydrogen-bond donors (Lipinski definition) is 4. The molecule has 7 nitrogen and oxygen atoms in total. The molecular weight excluding hydrogens is 460 g/mol. The lowest BCUT2D eigenvalue weighted by atomic mass is 9.33. The zero-order chi connectivity index (χ0) is 26.9. The molecule has 4 N–H and O–H groups in total. The highest BCUT2D eigenvalue weighted by atomic mass is 16.3. The van der Waals surface area contributed by atoms with Crippen LogP contribution in [0.25, 0.3) is 0 Å². The molecule has 0 aromatic carbocycles. The molecule has 0 heterocycles. The maximum Gasteiger partial charge on any atom is 0.187 e. The highest BCUT2D eigenvalue weighted by molar-refractivity contribution is 6.00. The topological polar surface area (TPSA) is 132 Å². The van der Waals surface area contributed by atoms with Gasteiger partial charge in [-0.25, -0.2) is 0 Å². The summed E-state index contributed by atoms with van der Waals surface area (Å²) in [5, 5.41) is 43.4. The molecule has 1 spiro atoms. The van der Waals surface area contributed by atoms with Gasteiger partial charge < -0.3 is 20.4 Å². The molecule has 0 aromatic heterocycles. The van der Waals surface area contributed by atoms with Crippen LogP contribution in [0.1, 0.15) is 73.6 Å². The second-order valence-corrected chi connectivity index (χ2v) is 13.9. The zero-order valence-electron chi connectivity index (χ0n) is 22.2. The molecule has 4 saturated carbocycles. The van der Waals surface area contributed by atoms with E-state index >= 15 is 0 Å². The predicted molar refractivity (Wildman–Crippen MR) is 131 cm³/mol. The summed E-state index contributed by atoms with van der Waals surface area (Å²) in [7, 11) is 0. The fraction of sp³-hybridized carbons (Fsp3) is 0.759. The second-order valence-electron chi connectivity index (χ2n) is 13.9. The van der Waals surface area contributed by atoms with Crippen LogP contribution in [0.5, 0.6) is 0 Å². The first kappa shape index (κ1) is 26.0. The number of aliphatic hydroxyl groups is 4. The van der Waals surface area contributed by atoms with Gasteiger partial charge in [0, 0.05) is 23.2 Å². The standard InChI is InChI=1S/C29H40O7/c1-24(2,35)10-9-20(32)29(36)14-28-13-21(33)27(6)16-11-17(30)23(34)25(3,4)15(16)7-8-19(27)26(28,5)12-18(31)22(28)29/h7,9-10,16-19,22,30-31,35-36H,8,11-14H2,1-6H3/b10-9+/t16-,17+,18-,19+,22+,26+,27+,28+,29+/m1/s1. The number of rotatable bonds is 3. The summed E-state index contributed by atoms with van der Waals surface area (Å²) in [6, 6.07) is 0. The van der Waals surface area contributed by atoms with Crippen LogP contribution in [0.3, 0.4) is 0 Å². The Bertz CT molecular complexity index is 1110. The summed E-state index contributed by atoms with van der Waals surface area (Å²) in [5.74, 6) is -1.92. The number of Topliss-reactive ketones (excluding diaryl/α,β-unsaturated/α-hetero) is 2. The van der Waals surface area contributed by atoms with Gasteiger partial charge in [0.2, 0.25) is 0 Å². The fourth-order valence-corrected chi connectivity index (χ4v) is 9.49. The summed E-state index contributed by atoms with van der Waals surface area (Å²) in [6.45, 7) is 10.8. The molecule has 0 aliphatic heterocycles. The van der Waals surface area contributed by atoms with Crippen molar-refractivity contribution in [2.75, 3.05) is 0 Å². The van der Waals surface area contributed by atoms with E-state index in [-0.39, 0.29) is 42.7 Å². The molecule has 9 atom stereocenters. The maximum absolute atomic E-state index is 14.1. The van der Waals surface area contributed by atoms with E-state index in [2.05, 4.69) is 13.0 Å². The van der Waals surface area contributed by atoms with Crippen LogP contribution in [0.4, 0.5) is 0 Å². The molecule has 5 rings (SSSR count). The number of carbonyl (C=O) groups excluding carboxylic acids is 3. The molecule has 36 heavy (non-hydrogen) atoms. The molecule has 7 heteroatoms. The van der Waals surface area contributed by atoms with Gasteiger partial charge in [-0.1, -0.05) is 31.6 Å². The van der Waals surface area contributed by atoms with E-state index in [9.17, 15) is 34.8 Å². The predicted octanol–water partition coefficient (Wildman–Crippen LogP) is 2.29. The number of ketones is 3. The van der Waals surface area contributed by atoms with Gasteiger partial charge in [-0.3, -0.25) is 14.4 Å². The molecule has 0 bridgehead atoms. The largest absolute Gasteiger partial charge is 0.393 e. The molecule has 0 unspecified atom stereocenters. The molecule has 198 valence electrons. The third-order valence-corrected chi connectivity index (χ3v) is 11.3. The number of aliphatic hydroxyl groups excluding tert-OH is 2. The van der Waals surface area contributed by atoms with Gasteiger partial charge in [-0.2, -0.15) is 0 Å². The Labute approximate surface area is 212 Å². The van der Waals surface area contributed by atoms with E-state index in [1.54, 1.807) is 0 Å². The van der Waals surface area contributed by atoms with Crippen LogP contribution in [0, 0.1) is 39.4 Å². The van der Waals surface area contributed by atoms with Gasteiger partial charge in [0.15, 0.2) is 11.6 Å². The average Bonchev–Trinajstić information content (AvgIpc) is 2.92. The van der Waals surface area contributed by atoms with Crippen LogP contribution in [0.15, 0.2) is 23.8 Å². The fourth-order valence-electron chi connectivity index (χ4n) is 9.49. The Hall–Kier alpha value is -1.67. The highest BCUT2D eigenvalue weighted by Crippen LogP contribution is 2.80. The van der Waals surface area contributed by atoms with Crippen LogP contribution in [0.2, 0.25) is 0 Å². The number of carbonyl (C=O) groups is 3. The Morgan fingerprint density at radius 1 is 1.14 bits per heavy atom. The summed E-state index contributed by atoms with van der Waals surface area (Å²) in [6.07, 6.45) is 3.96. The smallest absolute Gasteiger partial charge is 0.187 e. The normalized spacial score (nSPS) is 49.5. The van der Waals surface area contributed by atoms with Gasteiger partial charge >= 0.3 is 0 Å². The summed E-state index contributed by atoms with van der Waals surface area (Å²) < 4.78 is 0. The van der Waals surface area contributed by atoms with Crippen molar-refractivity contribution >= 4 is 17.3 Å². The molecule has 0 amide bonds. The van der Waals surface area contributed by atoms with Crippen LogP contribution in [-0.2, 0) is 14.4 Å². The van der Waals surface area contributed by atoms with Gasteiger partial charge in [-0.05, 0) is 82.1 Å². The molecule has 5 aliphatic rings.